The Labute approximate surface area is 194 Å². The third-order valence-electron chi connectivity index (χ3n) is 9.37. The Bertz CT molecular complexity index is 941. The quantitative estimate of drug-likeness (QED) is 0.492. The third kappa shape index (κ3) is 2.63. The Morgan fingerprint density at radius 1 is 1.22 bits per heavy atom. The van der Waals surface area contributed by atoms with E-state index in [1.165, 1.54) is 13.0 Å². The number of halogens is 1. The van der Waals surface area contributed by atoms with Crippen LogP contribution in [-0.4, -0.2) is 50.9 Å². The molecule has 32 heavy (non-hydrogen) atoms. The van der Waals surface area contributed by atoms with Crippen LogP contribution in [-0.2, 0) is 19.1 Å². The van der Waals surface area contributed by atoms with Crippen LogP contribution in [0, 0.1) is 34.5 Å². The normalized spacial score (nSPS) is 49.6. The van der Waals surface area contributed by atoms with Gasteiger partial charge in [-0.05, 0) is 49.2 Å². The van der Waals surface area contributed by atoms with Crippen molar-refractivity contribution < 1.29 is 29.3 Å². The van der Waals surface area contributed by atoms with Crippen LogP contribution < -0.4 is 0 Å². The van der Waals surface area contributed by atoms with Crippen molar-refractivity contribution >= 4 is 29.1 Å². The number of hydrogen-bond acceptors (Lipinski definition) is 6. The van der Waals surface area contributed by atoms with Crippen LogP contribution in [0.1, 0.15) is 53.9 Å². The summed E-state index contributed by atoms with van der Waals surface area (Å²) in [5.41, 5.74) is -2.19. The highest BCUT2D eigenvalue weighted by molar-refractivity contribution is 6.26. The van der Waals surface area contributed by atoms with Gasteiger partial charge in [-0.3, -0.25) is 14.4 Å². The molecule has 0 unspecified atom stereocenters. The van der Waals surface area contributed by atoms with Gasteiger partial charge in [0.05, 0.1) is 11.0 Å². The number of ether oxygens (including phenoxy) is 1. The van der Waals surface area contributed by atoms with Gasteiger partial charge in [0.2, 0.25) is 5.78 Å². The number of rotatable bonds is 3. The number of ketones is 2. The molecular weight excluding hydrogens is 432 g/mol. The Balaban J connectivity index is 1.89. The van der Waals surface area contributed by atoms with Crippen LogP contribution in [0.15, 0.2) is 23.8 Å². The highest BCUT2D eigenvalue weighted by Crippen LogP contribution is 2.72. The number of carbonyl (C=O) groups excluding carboxylic acids is 3. The largest absolute Gasteiger partial charge is 0.450 e. The number of esters is 1. The van der Waals surface area contributed by atoms with Crippen LogP contribution in [0.3, 0.4) is 0 Å². The van der Waals surface area contributed by atoms with E-state index in [9.17, 15) is 24.6 Å². The molecule has 4 rings (SSSR count). The number of allylic oxidation sites excluding steroid dienone is 4. The topological polar surface area (TPSA) is 101 Å². The number of aliphatic hydroxyl groups is 2. The van der Waals surface area contributed by atoms with Crippen LogP contribution in [0.2, 0.25) is 0 Å². The molecule has 7 heteroatoms. The average molecular weight is 465 g/mol. The van der Waals surface area contributed by atoms with Gasteiger partial charge in [0.15, 0.2) is 11.4 Å². The molecule has 0 bridgehead atoms. The van der Waals surface area contributed by atoms with Crippen molar-refractivity contribution in [2.75, 3.05) is 6.61 Å². The molecule has 9 atom stereocenters. The lowest BCUT2D eigenvalue weighted by Crippen LogP contribution is -2.70. The standard InChI is InChI=1S/C25H33ClO6/c1-13-8-19-18-9-14(2)25(21(31)12-27,32-15(3)28)23(18,5)11-20(30)24(19,26)22(4)7-6-16(29)10-17(13)22/h6-7,10,13-14,18-20,27,30H,8-9,11-12H2,1-5H3/t13-,14-,18-,19-,20-,22-,23-,24-,25-/m0/s1. The van der Waals surface area contributed by atoms with Crippen molar-refractivity contribution in [1.82, 2.24) is 0 Å². The molecule has 3 fully saturated rings. The number of carbonyl (C=O) groups is 3. The summed E-state index contributed by atoms with van der Waals surface area (Å²) < 4.78 is 5.80. The highest BCUT2D eigenvalue weighted by Gasteiger charge is 2.76. The van der Waals surface area contributed by atoms with Gasteiger partial charge in [-0.15, -0.1) is 11.6 Å². The first-order valence-electron chi connectivity index (χ1n) is 11.5. The molecule has 176 valence electrons. The number of Topliss-reactive ketones (excluding diaryl/α,β-unsaturated/α-hetero) is 1. The third-order valence-corrected chi connectivity index (χ3v) is 10.3. The van der Waals surface area contributed by atoms with Crippen LogP contribution in [0.4, 0.5) is 0 Å². The molecule has 3 saturated carbocycles. The lowest BCUT2D eigenvalue weighted by atomic mass is 9.44. The van der Waals surface area contributed by atoms with Crippen molar-refractivity contribution in [3.63, 3.8) is 0 Å². The minimum Gasteiger partial charge on any atom is -0.450 e. The first-order chi connectivity index (χ1) is 14.8. The molecule has 0 spiro atoms. The minimum absolute atomic E-state index is 0.0629. The second-order valence-electron chi connectivity index (χ2n) is 10.8. The number of aliphatic hydroxyl groups excluding tert-OH is 2. The van der Waals surface area contributed by atoms with E-state index >= 15 is 0 Å². The van der Waals surface area contributed by atoms with Crippen molar-refractivity contribution in [3.05, 3.63) is 23.8 Å². The van der Waals surface area contributed by atoms with E-state index in [0.29, 0.717) is 12.8 Å². The van der Waals surface area contributed by atoms with Gasteiger partial charge in [0, 0.05) is 23.7 Å². The minimum atomic E-state index is -1.52. The first-order valence-corrected chi connectivity index (χ1v) is 11.8. The molecule has 4 aliphatic rings. The molecule has 2 N–H and O–H groups in total. The molecule has 0 heterocycles. The molecule has 4 aliphatic carbocycles. The lowest BCUT2D eigenvalue weighted by molar-refractivity contribution is -0.202. The van der Waals surface area contributed by atoms with Gasteiger partial charge in [-0.25, -0.2) is 0 Å². The van der Waals surface area contributed by atoms with Gasteiger partial charge < -0.3 is 14.9 Å². The fourth-order valence-electron chi connectivity index (χ4n) is 8.13. The van der Waals surface area contributed by atoms with Crippen LogP contribution >= 0.6 is 11.6 Å². The molecular formula is C25H33ClO6. The average Bonchev–Trinajstić information content (AvgIpc) is 2.92. The molecule has 0 aliphatic heterocycles. The van der Waals surface area contributed by atoms with Crippen molar-refractivity contribution in [3.8, 4) is 0 Å². The summed E-state index contributed by atoms with van der Waals surface area (Å²) in [7, 11) is 0. The van der Waals surface area contributed by atoms with E-state index in [-0.39, 0.29) is 35.9 Å². The van der Waals surface area contributed by atoms with E-state index in [2.05, 4.69) is 6.92 Å². The van der Waals surface area contributed by atoms with E-state index in [0.717, 1.165) is 5.57 Å². The molecule has 0 amide bonds. The summed E-state index contributed by atoms with van der Waals surface area (Å²) >= 11 is 7.45. The Morgan fingerprint density at radius 3 is 2.47 bits per heavy atom. The van der Waals surface area contributed by atoms with Crippen LogP contribution in [0.5, 0.6) is 0 Å². The zero-order valence-corrected chi connectivity index (χ0v) is 20.1. The predicted molar refractivity (Wildman–Crippen MR) is 119 cm³/mol. The maximum atomic E-state index is 13.2. The Morgan fingerprint density at radius 2 is 1.88 bits per heavy atom. The number of fused-ring (bicyclic) bond motifs is 5. The summed E-state index contributed by atoms with van der Waals surface area (Å²) in [5.74, 6) is -1.75. The first kappa shape index (κ1) is 23.7. The maximum Gasteiger partial charge on any atom is 0.303 e. The smallest absolute Gasteiger partial charge is 0.303 e. The van der Waals surface area contributed by atoms with Crippen molar-refractivity contribution in [2.45, 2.75) is 70.5 Å². The van der Waals surface area contributed by atoms with Crippen molar-refractivity contribution in [2.24, 2.45) is 34.5 Å². The number of hydrogen-bond donors (Lipinski definition) is 2. The molecule has 0 aromatic heterocycles. The molecule has 0 saturated heterocycles. The van der Waals surface area contributed by atoms with Gasteiger partial charge in [-0.1, -0.05) is 39.3 Å². The maximum absolute atomic E-state index is 13.2. The lowest BCUT2D eigenvalue weighted by Gasteiger charge is -2.65. The second-order valence-corrected chi connectivity index (χ2v) is 11.5. The summed E-state index contributed by atoms with van der Waals surface area (Å²) in [6, 6.07) is 0. The van der Waals surface area contributed by atoms with Crippen molar-refractivity contribution in [1.29, 1.82) is 0 Å². The molecule has 0 aromatic carbocycles. The van der Waals surface area contributed by atoms with E-state index in [1.807, 2.05) is 26.8 Å². The van der Waals surface area contributed by atoms with E-state index < -0.39 is 45.8 Å². The zero-order valence-electron chi connectivity index (χ0n) is 19.4. The van der Waals surface area contributed by atoms with E-state index in [1.54, 1.807) is 6.08 Å². The summed E-state index contributed by atoms with van der Waals surface area (Å²) in [6.45, 7) is 8.36. The second kappa shape index (κ2) is 7.25. The monoisotopic (exact) mass is 464 g/mol. The van der Waals surface area contributed by atoms with Gasteiger partial charge in [0.1, 0.15) is 6.61 Å². The highest BCUT2D eigenvalue weighted by atomic mass is 35.5. The molecule has 0 radical (unpaired) electrons. The summed E-state index contributed by atoms with van der Waals surface area (Å²) in [5, 5.41) is 21.5. The Hall–Kier alpha value is -1.50. The van der Waals surface area contributed by atoms with Gasteiger partial charge in [-0.2, -0.15) is 0 Å². The van der Waals surface area contributed by atoms with E-state index in [4.69, 9.17) is 16.3 Å². The molecule has 0 aromatic rings. The number of alkyl halides is 1. The Kier molecular flexibility index (Phi) is 5.36. The zero-order chi connectivity index (χ0) is 23.9. The summed E-state index contributed by atoms with van der Waals surface area (Å²) in [4.78, 5) is 36.4. The molecule has 6 nitrogen and oxygen atoms in total. The van der Waals surface area contributed by atoms with Crippen LogP contribution in [0.25, 0.3) is 0 Å². The fourth-order valence-corrected chi connectivity index (χ4v) is 8.62. The van der Waals surface area contributed by atoms with Gasteiger partial charge in [0.25, 0.3) is 0 Å². The SMILES string of the molecule is CC(=O)O[C@]1(C(=O)CO)[C@@H](C)C[C@H]2[C@@H]3C[C@H](C)C4=CC(=O)C=C[C@]4(C)[C@@]3(Cl)[C@@H](O)C[C@@]21C. The summed E-state index contributed by atoms with van der Waals surface area (Å²) in [6.07, 6.45) is 5.40. The predicted octanol–water partition coefficient (Wildman–Crippen LogP) is 2.98. The van der Waals surface area contributed by atoms with Gasteiger partial charge >= 0.3 is 5.97 Å². The fraction of sp³-hybridized carbons (Fsp3) is 0.720.